The van der Waals surface area contributed by atoms with E-state index in [1.165, 1.54) is 19.4 Å². The molecule has 0 radical (unpaired) electrons. The number of pyridine rings is 2. The van der Waals surface area contributed by atoms with E-state index < -0.39 is 42.6 Å². The average Bonchev–Trinajstić information content (AvgIpc) is 3.17. The normalized spacial score (nSPS) is 18.1. The molecule has 2 N–H and O–H groups in total. The Balaban J connectivity index is 1.57. The zero-order valence-electron chi connectivity index (χ0n) is 17.7. The number of hydrogen-bond acceptors (Lipinski definition) is 7. The number of cyclic esters (lactones) is 1. The highest BCUT2D eigenvalue weighted by atomic mass is 19.4. The molecule has 0 aliphatic carbocycles. The lowest BCUT2D eigenvalue weighted by molar-refractivity contribution is -0.137. The van der Waals surface area contributed by atoms with Gasteiger partial charge in [-0.3, -0.25) is 9.97 Å². The molecule has 3 amide bonds. The molecule has 0 unspecified atom stereocenters. The van der Waals surface area contributed by atoms with Gasteiger partial charge in [0.1, 0.15) is 11.8 Å². The molecule has 1 aliphatic rings. The van der Waals surface area contributed by atoms with Gasteiger partial charge in [-0.05, 0) is 35.9 Å². The van der Waals surface area contributed by atoms with Crippen LogP contribution in [-0.4, -0.2) is 51.9 Å². The van der Waals surface area contributed by atoms with Crippen molar-refractivity contribution in [1.29, 1.82) is 0 Å². The number of methoxy groups -OCH3 is 1. The van der Waals surface area contributed by atoms with Gasteiger partial charge >= 0.3 is 18.3 Å². The highest BCUT2D eigenvalue weighted by Crippen LogP contribution is 2.38. The van der Waals surface area contributed by atoms with Gasteiger partial charge < -0.3 is 19.9 Å². The highest BCUT2D eigenvalue weighted by molar-refractivity contribution is 5.93. The standard InChI is InChI=1S/C22H19F3N4O5/c1-33-16-6-13(5-15(7-16)22(23,24)25)19-17(11-30)29(21(32)34-19)20(31)28-10-14-9-26-8-12-3-2-4-27-18(12)14/h2-9,17,19,30H,10-11H2,1H3,(H,28,31)/t17-,19+/m0/s1. The highest BCUT2D eigenvalue weighted by Gasteiger charge is 2.46. The second-order valence-corrected chi connectivity index (χ2v) is 7.45. The van der Waals surface area contributed by atoms with Crippen molar-refractivity contribution >= 4 is 23.0 Å². The van der Waals surface area contributed by atoms with Crippen molar-refractivity contribution in [3.63, 3.8) is 0 Å². The third-order valence-electron chi connectivity index (χ3n) is 5.35. The topological polar surface area (TPSA) is 114 Å². The number of aliphatic hydroxyl groups excluding tert-OH is 1. The fourth-order valence-corrected chi connectivity index (χ4v) is 3.73. The summed E-state index contributed by atoms with van der Waals surface area (Å²) >= 11 is 0. The van der Waals surface area contributed by atoms with Crippen LogP contribution in [0, 0.1) is 0 Å². The summed E-state index contributed by atoms with van der Waals surface area (Å²) in [6.07, 6.45) is -2.41. The van der Waals surface area contributed by atoms with Gasteiger partial charge in [-0.1, -0.05) is 0 Å². The van der Waals surface area contributed by atoms with Crippen molar-refractivity contribution in [3.05, 3.63) is 65.6 Å². The molecular formula is C22H19F3N4O5. The van der Waals surface area contributed by atoms with Crippen molar-refractivity contribution in [2.75, 3.05) is 13.7 Å². The van der Waals surface area contributed by atoms with Crippen LogP contribution < -0.4 is 10.1 Å². The van der Waals surface area contributed by atoms with Crippen molar-refractivity contribution in [2.45, 2.75) is 24.9 Å². The Labute approximate surface area is 191 Å². The van der Waals surface area contributed by atoms with Crippen molar-refractivity contribution in [1.82, 2.24) is 20.2 Å². The van der Waals surface area contributed by atoms with E-state index in [9.17, 15) is 27.9 Å². The van der Waals surface area contributed by atoms with Crippen molar-refractivity contribution in [2.24, 2.45) is 0 Å². The minimum Gasteiger partial charge on any atom is -0.497 e. The largest absolute Gasteiger partial charge is 0.497 e. The Kier molecular flexibility index (Phi) is 6.24. The predicted octanol–water partition coefficient (Wildman–Crippen LogP) is 3.42. The Morgan fingerprint density at radius 1 is 1.29 bits per heavy atom. The van der Waals surface area contributed by atoms with E-state index in [0.717, 1.165) is 17.5 Å². The van der Waals surface area contributed by atoms with Crippen LogP contribution in [0.5, 0.6) is 5.75 Å². The summed E-state index contributed by atoms with van der Waals surface area (Å²) in [6.45, 7) is -0.774. The Morgan fingerprint density at radius 3 is 2.79 bits per heavy atom. The number of nitrogens with zero attached hydrogens (tertiary/aromatic N) is 3. The molecule has 34 heavy (non-hydrogen) atoms. The maximum absolute atomic E-state index is 13.3. The smallest absolute Gasteiger partial charge is 0.419 e. The van der Waals surface area contributed by atoms with Crippen LogP contribution in [0.25, 0.3) is 10.9 Å². The lowest BCUT2D eigenvalue weighted by atomic mass is 9.99. The van der Waals surface area contributed by atoms with Crippen LogP contribution in [0.2, 0.25) is 0 Å². The number of fused-ring (bicyclic) bond motifs is 1. The quantitative estimate of drug-likeness (QED) is 0.580. The van der Waals surface area contributed by atoms with Gasteiger partial charge in [0.15, 0.2) is 6.10 Å². The van der Waals surface area contributed by atoms with E-state index in [-0.39, 0.29) is 17.9 Å². The van der Waals surface area contributed by atoms with Gasteiger partial charge in [0, 0.05) is 36.1 Å². The summed E-state index contributed by atoms with van der Waals surface area (Å²) in [6, 6.07) is 4.23. The molecule has 2 aromatic heterocycles. The molecule has 1 aromatic carbocycles. The summed E-state index contributed by atoms with van der Waals surface area (Å²) in [7, 11) is 1.19. The molecule has 3 aromatic rings. The van der Waals surface area contributed by atoms with E-state index in [1.54, 1.807) is 24.5 Å². The molecule has 0 bridgehead atoms. The minimum absolute atomic E-state index is 0.0375. The number of aliphatic hydroxyl groups is 1. The van der Waals surface area contributed by atoms with E-state index >= 15 is 0 Å². The van der Waals surface area contributed by atoms with E-state index in [4.69, 9.17) is 9.47 Å². The Bertz CT molecular complexity index is 1230. The van der Waals surface area contributed by atoms with Crippen LogP contribution in [0.15, 0.2) is 48.9 Å². The SMILES string of the molecule is COc1cc([C@H]2OC(=O)N(C(=O)NCc3cncc4cccnc34)[C@H]2CO)cc(C(F)(F)F)c1. The van der Waals surface area contributed by atoms with Crippen LogP contribution in [0.3, 0.4) is 0 Å². The van der Waals surface area contributed by atoms with Crippen LogP contribution in [0.1, 0.15) is 22.8 Å². The first kappa shape index (κ1) is 23.2. The maximum Gasteiger partial charge on any atom is 0.419 e. The molecule has 1 fully saturated rings. The van der Waals surface area contributed by atoms with E-state index in [0.29, 0.717) is 16.0 Å². The number of imide groups is 1. The molecule has 2 atom stereocenters. The van der Waals surface area contributed by atoms with E-state index in [2.05, 4.69) is 15.3 Å². The molecule has 9 nitrogen and oxygen atoms in total. The number of carbonyl (C=O) groups is 2. The summed E-state index contributed by atoms with van der Waals surface area (Å²) in [4.78, 5) is 34.3. The minimum atomic E-state index is -4.68. The Hall–Kier alpha value is -3.93. The second-order valence-electron chi connectivity index (χ2n) is 7.45. The Morgan fingerprint density at radius 2 is 2.09 bits per heavy atom. The first-order chi connectivity index (χ1) is 16.2. The summed E-state index contributed by atoms with van der Waals surface area (Å²) in [5.41, 5.74) is 0.0958. The number of benzene rings is 1. The molecule has 1 saturated heterocycles. The van der Waals surface area contributed by atoms with Crippen LogP contribution in [-0.2, 0) is 17.5 Å². The second kappa shape index (κ2) is 9.14. The zero-order chi connectivity index (χ0) is 24.5. The molecule has 12 heteroatoms. The summed E-state index contributed by atoms with van der Waals surface area (Å²) < 4.78 is 50.0. The van der Waals surface area contributed by atoms with Gasteiger partial charge in [0.2, 0.25) is 0 Å². The molecule has 1 aliphatic heterocycles. The van der Waals surface area contributed by atoms with E-state index in [1.807, 2.05) is 0 Å². The molecule has 4 rings (SSSR count). The maximum atomic E-state index is 13.3. The number of ether oxygens (including phenoxy) is 2. The van der Waals surface area contributed by atoms with Crippen LogP contribution in [0.4, 0.5) is 22.8 Å². The summed E-state index contributed by atoms with van der Waals surface area (Å²) in [5.74, 6) is -0.114. The van der Waals surface area contributed by atoms with Crippen molar-refractivity contribution in [3.8, 4) is 5.75 Å². The first-order valence-corrected chi connectivity index (χ1v) is 10.0. The molecule has 3 heterocycles. The summed E-state index contributed by atoms with van der Waals surface area (Å²) in [5, 5.41) is 13.2. The fraction of sp³-hybridized carbons (Fsp3) is 0.273. The molecule has 0 spiro atoms. The molecule has 0 saturated carbocycles. The van der Waals surface area contributed by atoms with Gasteiger partial charge in [0.05, 0.1) is 24.8 Å². The number of alkyl halides is 3. The number of halogens is 3. The van der Waals surface area contributed by atoms with Gasteiger partial charge in [-0.25, -0.2) is 14.5 Å². The van der Waals surface area contributed by atoms with Gasteiger partial charge in [-0.2, -0.15) is 13.2 Å². The lowest BCUT2D eigenvalue weighted by Crippen LogP contribution is -2.47. The fourth-order valence-electron chi connectivity index (χ4n) is 3.73. The molecular weight excluding hydrogens is 457 g/mol. The van der Waals surface area contributed by atoms with Gasteiger partial charge in [0.25, 0.3) is 0 Å². The number of hydrogen-bond donors (Lipinski definition) is 2. The number of urea groups is 1. The predicted molar refractivity (Wildman–Crippen MR) is 112 cm³/mol. The number of rotatable bonds is 5. The van der Waals surface area contributed by atoms with Crippen molar-refractivity contribution < 1.29 is 37.3 Å². The lowest BCUT2D eigenvalue weighted by Gasteiger charge is -2.22. The first-order valence-electron chi connectivity index (χ1n) is 10.0. The zero-order valence-corrected chi connectivity index (χ0v) is 17.7. The number of nitrogens with one attached hydrogen (secondary N) is 1. The monoisotopic (exact) mass is 476 g/mol. The number of aromatic nitrogens is 2. The number of amides is 3. The third kappa shape index (κ3) is 4.44. The van der Waals surface area contributed by atoms with Crippen LogP contribution >= 0.6 is 0 Å². The average molecular weight is 476 g/mol. The van der Waals surface area contributed by atoms with Gasteiger partial charge in [-0.15, -0.1) is 0 Å². The third-order valence-corrected chi connectivity index (χ3v) is 5.35. The molecule has 178 valence electrons. The number of carbonyl (C=O) groups excluding carboxylic acids is 2.